The fourth-order valence-corrected chi connectivity index (χ4v) is 3.17. The fraction of sp³-hybridized carbons (Fsp3) is 0.381. The average Bonchev–Trinajstić information content (AvgIpc) is 2.69. The van der Waals surface area contributed by atoms with Gasteiger partial charge in [0.1, 0.15) is 12.1 Å². The van der Waals surface area contributed by atoms with E-state index in [1.807, 2.05) is 37.3 Å². The highest BCUT2D eigenvalue weighted by molar-refractivity contribution is 5.75. The standard InChI is InChI=1S/C21H25NO3/c1-15-18(14-24-12-11-20(22)21(23)25-15)13-17-9-5-6-10-19(17)16-7-3-2-4-8-16/h2-10,15,18,20H,11-14,22H2,1H3/t15-,18+,20-/m0/s1. The van der Waals surface area contributed by atoms with Crippen molar-refractivity contribution in [3.63, 3.8) is 0 Å². The summed E-state index contributed by atoms with van der Waals surface area (Å²) in [6, 6.07) is 18.1. The Morgan fingerprint density at radius 3 is 2.60 bits per heavy atom. The number of esters is 1. The van der Waals surface area contributed by atoms with Gasteiger partial charge < -0.3 is 15.2 Å². The van der Waals surface area contributed by atoms with Crippen LogP contribution in [0, 0.1) is 5.92 Å². The van der Waals surface area contributed by atoms with Crippen molar-refractivity contribution in [1.82, 2.24) is 0 Å². The number of benzene rings is 2. The van der Waals surface area contributed by atoms with Gasteiger partial charge in [0.2, 0.25) is 0 Å². The number of rotatable bonds is 3. The molecule has 0 spiro atoms. The quantitative estimate of drug-likeness (QED) is 0.873. The fourth-order valence-electron chi connectivity index (χ4n) is 3.17. The Balaban J connectivity index is 1.82. The van der Waals surface area contributed by atoms with Crippen LogP contribution in [0.3, 0.4) is 0 Å². The number of nitrogens with two attached hydrogens (primary N) is 1. The lowest BCUT2D eigenvalue weighted by molar-refractivity contribution is -0.152. The molecule has 1 fully saturated rings. The number of hydrogen-bond donors (Lipinski definition) is 1. The zero-order valence-corrected chi connectivity index (χ0v) is 14.6. The maximum Gasteiger partial charge on any atom is 0.323 e. The first-order valence-corrected chi connectivity index (χ1v) is 8.82. The molecule has 0 aliphatic carbocycles. The van der Waals surface area contributed by atoms with E-state index in [4.69, 9.17) is 15.2 Å². The molecule has 2 aromatic rings. The minimum atomic E-state index is -0.599. The SMILES string of the molecule is C[C@@H]1OC(=O)[C@@H](N)CCOC[C@H]1Cc1ccccc1-c1ccccc1. The predicted octanol–water partition coefficient (Wildman–Crippen LogP) is 3.19. The molecule has 0 saturated carbocycles. The van der Waals surface area contributed by atoms with Crippen LogP contribution >= 0.6 is 0 Å². The van der Waals surface area contributed by atoms with E-state index < -0.39 is 6.04 Å². The molecular weight excluding hydrogens is 314 g/mol. The highest BCUT2D eigenvalue weighted by Crippen LogP contribution is 2.27. The smallest absolute Gasteiger partial charge is 0.323 e. The minimum Gasteiger partial charge on any atom is -0.461 e. The lowest BCUT2D eigenvalue weighted by Crippen LogP contribution is -2.36. The van der Waals surface area contributed by atoms with E-state index in [1.54, 1.807) is 0 Å². The van der Waals surface area contributed by atoms with Gasteiger partial charge in [-0.05, 0) is 36.5 Å². The normalized spacial score (nSPS) is 24.7. The number of carbonyl (C=O) groups excluding carboxylic acids is 1. The van der Waals surface area contributed by atoms with Gasteiger partial charge in [-0.3, -0.25) is 4.79 Å². The first kappa shape index (κ1) is 17.6. The van der Waals surface area contributed by atoms with Crippen molar-refractivity contribution in [2.45, 2.75) is 31.9 Å². The van der Waals surface area contributed by atoms with Crippen molar-refractivity contribution in [3.8, 4) is 11.1 Å². The van der Waals surface area contributed by atoms with Crippen LogP contribution in [0.1, 0.15) is 18.9 Å². The van der Waals surface area contributed by atoms with Crippen molar-refractivity contribution in [2.75, 3.05) is 13.2 Å². The summed E-state index contributed by atoms with van der Waals surface area (Å²) in [7, 11) is 0. The Bertz CT molecular complexity index is 701. The van der Waals surface area contributed by atoms with Crippen LogP contribution in [0.5, 0.6) is 0 Å². The second kappa shape index (κ2) is 8.28. The molecule has 25 heavy (non-hydrogen) atoms. The second-order valence-corrected chi connectivity index (χ2v) is 6.60. The molecule has 2 aromatic carbocycles. The van der Waals surface area contributed by atoms with Crippen LogP contribution < -0.4 is 5.73 Å². The van der Waals surface area contributed by atoms with Crippen molar-refractivity contribution in [3.05, 3.63) is 60.2 Å². The Kier molecular flexibility index (Phi) is 5.84. The lowest BCUT2D eigenvalue weighted by atomic mass is 9.90. The summed E-state index contributed by atoms with van der Waals surface area (Å²) in [5.74, 6) is -0.238. The number of ether oxygens (including phenoxy) is 2. The monoisotopic (exact) mass is 339 g/mol. The molecule has 0 amide bonds. The lowest BCUT2D eigenvalue weighted by Gasteiger charge is -2.24. The summed E-state index contributed by atoms with van der Waals surface area (Å²) in [5, 5.41) is 0. The Morgan fingerprint density at radius 1 is 1.08 bits per heavy atom. The van der Waals surface area contributed by atoms with Gasteiger partial charge >= 0.3 is 5.97 Å². The molecule has 4 nitrogen and oxygen atoms in total. The van der Waals surface area contributed by atoms with E-state index in [0.717, 1.165) is 6.42 Å². The average molecular weight is 339 g/mol. The molecule has 0 unspecified atom stereocenters. The summed E-state index contributed by atoms with van der Waals surface area (Å²) >= 11 is 0. The molecule has 0 bridgehead atoms. The topological polar surface area (TPSA) is 61.5 Å². The van der Waals surface area contributed by atoms with Crippen LogP contribution in [0.15, 0.2) is 54.6 Å². The highest BCUT2D eigenvalue weighted by atomic mass is 16.5. The Labute approximate surface area is 148 Å². The third kappa shape index (κ3) is 4.47. The van der Waals surface area contributed by atoms with E-state index in [-0.39, 0.29) is 18.0 Å². The third-order valence-electron chi connectivity index (χ3n) is 4.76. The molecule has 2 N–H and O–H groups in total. The van der Waals surface area contributed by atoms with Gasteiger partial charge in [-0.25, -0.2) is 0 Å². The van der Waals surface area contributed by atoms with Gasteiger partial charge in [-0.2, -0.15) is 0 Å². The molecule has 3 atom stereocenters. The predicted molar refractivity (Wildman–Crippen MR) is 98.0 cm³/mol. The van der Waals surface area contributed by atoms with Crippen LogP contribution in [-0.2, 0) is 20.7 Å². The molecule has 3 rings (SSSR count). The molecule has 4 heteroatoms. The van der Waals surface area contributed by atoms with Gasteiger partial charge in [0.25, 0.3) is 0 Å². The van der Waals surface area contributed by atoms with Crippen LogP contribution in [0.25, 0.3) is 11.1 Å². The van der Waals surface area contributed by atoms with Crippen molar-refractivity contribution >= 4 is 5.97 Å². The zero-order chi connectivity index (χ0) is 17.6. The van der Waals surface area contributed by atoms with Gasteiger partial charge in [0, 0.05) is 12.5 Å². The van der Waals surface area contributed by atoms with Gasteiger partial charge in [0.05, 0.1) is 6.61 Å². The molecule has 132 valence electrons. The van der Waals surface area contributed by atoms with Crippen LogP contribution in [0.4, 0.5) is 0 Å². The molecule has 0 radical (unpaired) electrons. The maximum absolute atomic E-state index is 12.0. The molecule has 1 aliphatic rings. The van der Waals surface area contributed by atoms with Gasteiger partial charge in [-0.1, -0.05) is 54.6 Å². The summed E-state index contributed by atoms with van der Waals surface area (Å²) in [6.45, 7) is 2.97. The van der Waals surface area contributed by atoms with Crippen LogP contribution in [0.2, 0.25) is 0 Å². The molecule has 1 heterocycles. The summed E-state index contributed by atoms with van der Waals surface area (Å²) in [5.41, 5.74) is 9.45. The summed E-state index contributed by atoms with van der Waals surface area (Å²) in [6.07, 6.45) is 1.05. The number of cyclic esters (lactones) is 1. The van der Waals surface area contributed by atoms with E-state index in [9.17, 15) is 4.79 Å². The molecular formula is C21H25NO3. The first-order chi connectivity index (χ1) is 12.1. The molecule has 1 aliphatic heterocycles. The van der Waals surface area contributed by atoms with E-state index in [1.165, 1.54) is 16.7 Å². The molecule has 1 saturated heterocycles. The van der Waals surface area contributed by atoms with Crippen molar-refractivity contribution in [1.29, 1.82) is 0 Å². The molecule has 0 aromatic heterocycles. The van der Waals surface area contributed by atoms with E-state index >= 15 is 0 Å². The Morgan fingerprint density at radius 2 is 1.80 bits per heavy atom. The second-order valence-electron chi connectivity index (χ2n) is 6.60. The number of hydrogen-bond acceptors (Lipinski definition) is 4. The highest BCUT2D eigenvalue weighted by Gasteiger charge is 2.27. The third-order valence-corrected chi connectivity index (χ3v) is 4.76. The van der Waals surface area contributed by atoms with E-state index in [2.05, 4.69) is 24.3 Å². The minimum absolute atomic E-state index is 0.0964. The Hall–Kier alpha value is -2.17. The van der Waals surface area contributed by atoms with Gasteiger partial charge in [0.15, 0.2) is 0 Å². The first-order valence-electron chi connectivity index (χ1n) is 8.82. The van der Waals surface area contributed by atoms with Gasteiger partial charge in [-0.15, -0.1) is 0 Å². The largest absolute Gasteiger partial charge is 0.461 e. The number of carbonyl (C=O) groups is 1. The zero-order valence-electron chi connectivity index (χ0n) is 14.6. The maximum atomic E-state index is 12.0. The van der Waals surface area contributed by atoms with Crippen LogP contribution in [-0.4, -0.2) is 31.3 Å². The van der Waals surface area contributed by atoms with Crippen molar-refractivity contribution in [2.24, 2.45) is 11.7 Å². The van der Waals surface area contributed by atoms with Crippen molar-refractivity contribution < 1.29 is 14.3 Å². The van der Waals surface area contributed by atoms with E-state index in [0.29, 0.717) is 19.6 Å². The summed E-state index contributed by atoms with van der Waals surface area (Å²) < 4.78 is 11.3. The summed E-state index contributed by atoms with van der Waals surface area (Å²) in [4.78, 5) is 12.0.